The number of piperidine rings is 1. The second-order valence-corrected chi connectivity index (χ2v) is 4.77. The zero-order valence-corrected chi connectivity index (χ0v) is 10.9. The van der Waals surface area contributed by atoms with Crippen molar-refractivity contribution in [3.8, 4) is 6.07 Å². The molecule has 1 aliphatic heterocycles. The van der Waals surface area contributed by atoms with Crippen LogP contribution < -0.4 is 4.90 Å². The van der Waals surface area contributed by atoms with Crippen LogP contribution in [-0.4, -0.2) is 18.2 Å². The lowest BCUT2D eigenvalue weighted by molar-refractivity contribution is -0.135. The molecule has 1 aliphatic rings. The van der Waals surface area contributed by atoms with Gasteiger partial charge in [-0.1, -0.05) is 18.2 Å². The van der Waals surface area contributed by atoms with Crippen molar-refractivity contribution in [3.63, 3.8) is 0 Å². The van der Waals surface area contributed by atoms with E-state index in [4.69, 9.17) is 5.26 Å². The highest BCUT2D eigenvalue weighted by molar-refractivity contribution is 6.10. The first-order valence-electron chi connectivity index (χ1n) is 6.45. The van der Waals surface area contributed by atoms with Crippen molar-refractivity contribution in [1.29, 1.82) is 5.26 Å². The molecule has 2 rings (SSSR count). The van der Waals surface area contributed by atoms with E-state index in [1.54, 1.807) is 11.8 Å². The minimum absolute atomic E-state index is 0.176. The number of nitriles is 1. The summed E-state index contributed by atoms with van der Waals surface area (Å²) < 4.78 is 0. The summed E-state index contributed by atoms with van der Waals surface area (Å²) in [6, 6.07) is 11.3. The van der Waals surface area contributed by atoms with Gasteiger partial charge in [-0.3, -0.25) is 9.59 Å². The van der Waals surface area contributed by atoms with Crippen molar-refractivity contribution in [2.45, 2.75) is 19.8 Å². The molecule has 0 saturated carbocycles. The van der Waals surface area contributed by atoms with Crippen molar-refractivity contribution < 1.29 is 9.59 Å². The molecule has 2 atom stereocenters. The van der Waals surface area contributed by atoms with E-state index < -0.39 is 11.8 Å². The van der Waals surface area contributed by atoms with Gasteiger partial charge in [0.2, 0.25) is 5.91 Å². The lowest BCUT2D eigenvalue weighted by Crippen LogP contribution is -2.45. The SMILES string of the molecule is C[C@H](C#N)C(=O)[C@H]1CCCN(c2ccccc2)C1=O. The lowest BCUT2D eigenvalue weighted by Gasteiger charge is -2.32. The number of benzene rings is 1. The van der Waals surface area contributed by atoms with E-state index in [1.165, 1.54) is 0 Å². The van der Waals surface area contributed by atoms with Gasteiger partial charge in [0.25, 0.3) is 0 Å². The van der Waals surface area contributed by atoms with Crippen LogP contribution in [0.1, 0.15) is 19.8 Å². The van der Waals surface area contributed by atoms with Gasteiger partial charge < -0.3 is 4.90 Å². The maximum Gasteiger partial charge on any atom is 0.237 e. The van der Waals surface area contributed by atoms with Gasteiger partial charge >= 0.3 is 0 Å². The highest BCUT2D eigenvalue weighted by Crippen LogP contribution is 2.26. The van der Waals surface area contributed by atoms with Crippen molar-refractivity contribution >= 4 is 17.4 Å². The molecule has 0 bridgehead atoms. The molecule has 0 unspecified atom stereocenters. The number of carbonyl (C=O) groups excluding carboxylic acids is 2. The Morgan fingerprint density at radius 2 is 2.11 bits per heavy atom. The molecule has 4 nitrogen and oxygen atoms in total. The van der Waals surface area contributed by atoms with Gasteiger partial charge in [0.05, 0.1) is 12.0 Å². The highest BCUT2D eigenvalue weighted by Gasteiger charge is 2.36. The minimum atomic E-state index is -0.718. The minimum Gasteiger partial charge on any atom is -0.312 e. The topological polar surface area (TPSA) is 61.2 Å². The Bertz CT molecular complexity index is 519. The normalized spacial score (nSPS) is 20.7. The highest BCUT2D eigenvalue weighted by atomic mass is 16.2. The van der Waals surface area contributed by atoms with Crippen molar-refractivity contribution in [2.24, 2.45) is 11.8 Å². The van der Waals surface area contributed by atoms with Crippen LogP contribution in [0.2, 0.25) is 0 Å². The summed E-state index contributed by atoms with van der Waals surface area (Å²) in [7, 11) is 0. The summed E-state index contributed by atoms with van der Waals surface area (Å²) in [5, 5.41) is 8.81. The Hall–Kier alpha value is -2.15. The largest absolute Gasteiger partial charge is 0.312 e. The summed E-state index contributed by atoms with van der Waals surface area (Å²) >= 11 is 0. The predicted octanol–water partition coefficient (Wildman–Crippen LogP) is 2.16. The second kappa shape index (κ2) is 5.66. The van der Waals surface area contributed by atoms with Crippen LogP contribution in [0.3, 0.4) is 0 Å². The number of rotatable bonds is 3. The predicted molar refractivity (Wildman–Crippen MR) is 71.3 cm³/mol. The van der Waals surface area contributed by atoms with E-state index in [1.807, 2.05) is 36.4 Å². The molecule has 19 heavy (non-hydrogen) atoms. The number of nitrogens with zero attached hydrogens (tertiary/aromatic N) is 2. The number of para-hydroxylation sites is 1. The first-order chi connectivity index (χ1) is 9.15. The average Bonchev–Trinajstić information content (AvgIpc) is 2.47. The average molecular weight is 256 g/mol. The molecule has 1 aromatic rings. The third-order valence-corrected chi connectivity index (χ3v) is 3.47. The number of hydrogen-bond acceptors (Lipinski definition) is 3. The van der Waals surface area contributed by atoms with Crippen LogP contribution in [0, 0.1) is 23.2 Å². The number of Topliss-reactive ketones (excluding diaryl/α,β-unsaturated/α-hetero) is 1. The Morgan fingerprint density at radius 3 is 2.74 bits per heavy atom. The van der Waals surface area contributed by atoms with E-state index in [2.05, 4.69) is 0 Å². The van der Waals surface area contributed by atoms with E-state index in [0.29, 0.717) is 13.0 Å². The fraction of sp³-hybridized carbons (Fsp3) is 0.400. The van der Waals surface area contributed by atoms with Crippen LogP contribution >= 0.6 is 0 Å². The van der Waals surface area contributed by atoms with Gasteiger partial charge in [-0.2, -0.15) is 5.26 Å². The van der Waals surface area contributed by atoms with Crippen LogP contribution in [-0.2, 0) is 9.59 Å². The fourth-order valence-corrected chi connectivity index (χ4v) is 2.37. The van der Waals surface area contributed by atoms with Gasteiger partial charge in [0.15, 0.2) is 5.78 Å². The Kier molecular flexibility index (Phi) is 3.96. The van der Waals surface area contributed by atoms with E-state index >= 15 is 0 Å². The molecule has 1 heterocycles. The molecule has 0 N–H and O–H groups in total. The van der Waals surface area contributed by atoms with E-state index in [0.717, 1.165) is 12.1 Å². The first kappa shape index (κ1) is 13.3. The molecule has 4 heteroatoms. The lowest BCUT2D eigenvalue weighted by atomic mass is 9.87. The van der Waals surface area contributed by atoms with Crippen LogP contribution in [0.15, 0.2) is 30.3 Å². The molecule has 1 fully saturated rings. The maximum atomic E-state index is 12.4. The van der Waals surface area contributed by atoms with Gasteiger partial charge in [0, 0.05) is 12.2 Å². The summed E-state index contributed by atoms with van der Waals surface area (Å²) in [6.07, 6.45) is 1.34. The number of anilines is 1. The van der Waals surface area contributed by atoms with Crippen LogP contribution in [0.25, 0.3) is 0 Å². The van der Waals surface area contributed by atoms with Crippen molar-refractivity contribution in [1.82, 2.24) is 0 Å². The summed E-state index contributed by atoms with van der Waals surface area (Å²) in [4.78, 5) is 26.1. The molecule has 0 aromatic heterocycles. The standard InChI is InChI=1S/C15H16N2O2/c1-11(10-16)14(18)13-8-5-9-17(15(13)19)12-6-3-2-4-7-12/h2-4,6-7,11,13H,5,8-9H2,1H3/t11-,13-/m1/s1. The summed E-state index contributed by atoms with van der Waals surface area (Å²) in [6.45, 7) is 2.19. The zero-order valence-electron chi connectivity index (χ0n) is 10.9. The Morgan fingerprint density at radius 1 is 1.42 bits per heavy atom. The van der Waals surface area contributed by atoms with Crippen LogP contribution in [0.4, 0.5) is 5.69 Å². The third-order valence-electron chi connectivity index (χ3n) is 3.47. The van der Waals surface area contributed by atoms with Gasteiger partial charge in [0.1, 0.15) is 5.92 Å². The van der Waals surface area contributed by atoms with Crippen LogP contribution in [0.5, 0.6) is 0 Å². The van der Waals surface area contributed by atoms with Gasteiger partial charge in [-0.15, -0.1) is 0 Å². The van der Waals surface area contributed by atoms with E-state index in [-0.39, 0.29) is 11.7 Å². The molecule has 1 saturated heterocycles. The van der Waals surface area contributed by atoms with Gasteiger partial charge in [-0.05, 0) is 31.9 Å². The number of ketones is 1. The first-order valence-corrected chi connectivity index (χ1v) is 6.45. The molecule has 0 radical (unpaired) electrons. The molecule has 0 aliphatic carbocycles. The molecule has 98 valence electrons. The quantitative estimate of drug-likeness (QED) is 0.778. The Labute approximate surface area is 112 Å². The van der Waals surface area contributed by atoms with Crippen molar-refractivity contribution in [2.75, 3.05) is 11.4 Å². The zero-order chi connectivity index (χ0) is 13.8. The number of hydrogen-bond donors (Lipinski definition) is 0. The van der Waals surface area contributed by atoms with Crippen molar-refractivity contribution in [3.05, 3.63) is 30.3 Å². The smallest absolute Gasteiger partial charge is 0.237 e. The fourth-order valence-electron chi connectivity index (χ4n) is 2.37. The summed E-state index contributed by atoms with van der Waals surface area (Å²) in [5.74, 6) is -1.81. The summed E-state index contributed by atoms with van der Waals surface area (Å²) in [5.41, 5.74) is 0.814. The molecule has 1 amide bonds. The molecular formula is C15H16N2O2. The number of carbonyl (C=O) groups is 2. The molecule has 0 spiro atoms. The molecule has 1 aromatic carbocycles. The second-order valence-electron chi connectivity index (χ2n) is 4.77. The van der Waals surface area contributed by atoms with E-state index in [9.17, 15) is 9.59 Å². The monoisotopic (exact) mass is 256 g/mol. The third kappa shape index (κ3) is 2.65. The molecular weight excluding hydrogens is 240 g/mol. The Balaban J connectivity index is 2.20. The number of amides is 1. The maximum absolute atomic E-state index is 12.4. The van der Waals surface area contributed by atoms with Gasteiger partial charge in [-0.25, -0.2) is 0 Å².